The van der Waals surface area contributed by atoms with Crippen LogP contribution in [-0.4, -0.2) is 82.4 Å². The van der Waals surface area contributed by atoms with Crippen molar-refractivity contribution in [3.63, 3.8) is 0 Å². The van der Waals surface area contributed by atoms with Gasteiger partial charge in [-0.3, -0.25) is 19.3 Å². The predicted molar refractivity (Wildman–Crippen MR) is 131 cm³/mol. The molecule has 9 heteroatoms. The molecule has 3 rings (SSSR count). The van der Waals surface area contributed by atoms with Crippen LogP contribution in [0, 0.1) is 17.8 Å². The van der Waals surface area contributed by atoms with Crippen molar-refractivity contribution < 1.29 is 29.7 Å². The summed E-state index contributed by atoms with van der Waals surface area (Å²) >= 11 is 0. The van der Waals surface area contributed by atoms with E-state index in [0.717, 1.165) is 24.2 Å². The molecule has 1 aromatic rings. The number of carbonyl (C=O) groups is 3. The van der Waals surface area contributed by atoms with Crippen molar-refractivity contribution in [2.45, 2.75) is 45.7 Å². The number of aliphatic hydroxyl groups is 2. The molecular weight excluding hydrogens is 450 g/mol. The zero-order chi connectivity index (χ0) is 26.0. The van der Waals surface area contributed by atoms with E-state index in [2.05, 4.69) is 18.7 Å². The molecule has 9 nitrogen and oxygen atoms in total. The molecule has 0 bridgehead atoms. The van der Waals surface area contributed by atoms with Gasteiger partial charge in [0, 0.05) is 18.2 Å². The van der Waals surface area contributed by atoms with Crippen LogP contribution in [-0.2, 0) is 27.3 Å². The van der Waals surface area contributed by atoms with E-state index in [-0.39, 0.29) is 35.2 Å². The first-order chi connectivity index (χ1) is 16.5. The lowest BCUT2D eigenvalue weighted by atomic mass is 9.62. The van der Waals surface area contributed by atoms with Crippen LogP contribution in [0.2, 0.25) is 0 Å². The lowest BCUT2D eigenvalue weighted by molar-refractivity contribution is -0.138. The number of benzene rings is 1. The van der Waals surface area contributed by atoms with Gasteiger partial charge in [-0.2, -0.15) is 0 Å². The van der Waals surface area contributed by atoms with Gasteiger partial charge in [-0.1, -0.05) is 19.9 Å². The summed E-state index contributed by atoms with van der Waals surface area (Å²) in [6, 6.07) is 2.88. The third kappa shape index (κ3) is 5.12. The molecule has 1 aromatic carbocycles. The topological polar surface area (TPSA) is 144 Å². The summed E-state index contributed by atoms with van der Waals surface area (Å²) in [5.74, 6) is -4.58. The first kappa shape index (κ1) is 26.8. The molecule has 4 atom stereocenters. The van der Waals surface area contributed by atoms with Crippen LogP contribution >= 0.6 is 0 Å². The van der Waals surface area contributed by atoms with Crippen LogP contribution in [0.5, 0.6) is 5.75 Å². The molecule has 0 aromatic heterocycles. The van der Waals surface area contributed by atoms with Crippen LogP contribution in [0.3, 0.4) is 0 Å². The Bertz CT molecular complexity index is 1030. The average Bonchev–Trinajstić information content (AvgIpc) is 2.78. The fourth-order valence-corrected chi connectivity index (χ4v) is 5.76. The van der Waals surface area contributed by atoms with Crippen LogP contribution in [0.25, 0.3) is 5.76 Å². The summed E-state index contributed by atoms with van der Waals surface area (Å²) in [5, 5.41) is 32.0. The minimum Gasteiger partial charge on any atom is -0.507 e. The quantitative estimate of drug-likeness (QED) is 0.361. The van der Waals surface area contributed by atoms with Crippen LogP contribution in [0.4, 0.5) is 0 Å². The minimum absolute atomic E-state index is 0.113. The summed E-state index contributed by atoms with van der Waals surface area (Å²) < 4.78 is 0. The molecule has 35 heavy (non-hydrogen) atoms. The number of amides is 1. The van der Waals surface area contributed by atoms with Gasteiger partial charge in [-0.15, -0.1) is 0 Å². The van der Waals surface area contributed by atoms with Gasteiger partial charge in [0.25, 0.3) is 0 Å². The van der Waals surface area contributed by atoms with E-state index < -0.39 is 41.8 Å². The first-order valence-corrected chi connectivity index (χ1v) is 12.2. The number of allylic oxidation sites excluding steroid dienone is 1. The number of primary amides is 1. The van der Waals surface area contributed by atoms with Crippen molar-refractivity contribution in [3.05, 3.63) is 34.4 Å². The zero-order valence-electron chi connectivity index (χ0n) is 21.0. The molecule has 192 valence electrons. The van der Waals surface area contributed by atoms with Crippen LogP contribution in [0.15, 0.2) is 17.7 Å². The van der Waals surface area contributed by atoms with Crippen LogP contribution < -0.4 is 5.73 Å². The molecule has 1 fully saturated rings. The lowest BCUT2D eigenvalue weighted by Crippen LogP contribution is -2.51. The van der Waals surface area contributed by atoms with E-state index in [0.29, 0.717) is 19.4 Å². The Balaban J connectivity index is 2.14. The number of carbonyl (C=O) groups excluding carboxylic acids is 3. The highest BCUT2D eigenvalue weighted by atomic mass is 16.3. The Morgan fingerprint density at radius 3 is 2.37 bits per heavy atom. The van der Waals surface area contributed by atoms with E-state index in [9.17, 15) is 29.7 Å². The van der Waals surface area contributed by atoms with Crippen molar-refractivity contribution in [2.75, 3.05) is 33.8 Å². The number of hydrogen-bond donors (Lipinski definition) is 4. The second-order valence-electron chi connectivity index (χ2n) is 9.79. The van der Waals surface area contributed by atoms with E-state index in [1.165, 1.54) is 6.07 Å². The third-order valence-corrected chi connectivity index (χ3v) is 7.60. The van der Waals surface area contributed by atoms with E-state index in [4.69, 9.17) is 5.73 Å². The fourth-order valence-electron chi connectivity index (χ4n) is 5.76. The summed E-state index contributed by atoms with van der Waals surface area (Å²) in [4.78, 5) is 42.3. The Kier molecular flexibility index (Phi) is 8.35. The fraction of sp³-hybridized carbons (Fsp3) is 0.577. The molecule has 2 unspecified atom stereocenters. The second kappa shape index (κ2) is 10.9. The highest BCUT2D eigenvalue weighted by molar-refractivity contribution is 6.17. The molecule has 1 amide bonds. The molecule has 0 saturated heterocycles. The Morgan fingerprint density at radius 1 is 1.17 bits per heavy atom. The van der Waals surface area contributed by atoms with Gasteiger partial charge in [-0.25, -0.2) is 0 Å². The van der Waals surface area contributed by atoms with Crippen molar-refractivity contribution in [1.82, 2.24) is 9.80 Å². The zero-order valence-corrected chi connectivity index (χ0v) is 21.0. The van der Waals surface area contributed by atoms with Gasteiger partial charge >= 0.3 is 0 Å². The molecule has 0 spiro atoms. The number of phenolic OH excluding ortho intramolecular Hbond substituents is 1. The summed E-state index contributed by atoms with van der Waals surface area (Å²) in [6.45, 7) is 6.18. The van der Waals surface area contributed by atoms with Gasteiger partial charge in [0.1, 0.15) is 11.5 Å². The number of likely N-dealkylation sites (N-methyl/N-ethyl adjacent to an activating group) is 1. The number of nitrogens with zero attached hydrogens (tertiary/aromatic N) is 2. The monoisotopic (exact) mass is 487 g/mol. The van der Waals surface area contributed by atoms with E-state index >= 15 is 0 Å². The maximum atomic E-state index is 13.7. The molecule has 1 saturated carbocycles. The van der Waals surface area contributed by atoms with Crippen molar-refractivity contribution >= 4 is 23.2 Å². The van der Waals surface area contributed by atoms with Gasteiger partial charge in [-0.05, 0) is 69.1 Å². The summed E-state index contributed by atoms with van der Waals surface area (Å²) in [5.41, 5.74) is 7.36. The number of nitrogens with two attached hydrogens (primary N) is 1. The highest BCUT2D eigenvalue weighted by Gasteiger charge is 2.50. The number of fused-ring (bicyclic) bond motifs is 2. The Morgan fingerprint density at radius 2 is 1.83 bits per heavy atom. The number of aliphatic hydroxyl groups excluding tert-OH is 2. The molecule has 0 heterocycles. The summed E-state index contributed by atoms with van der Waals surface area (Å²) in [7, 11) is 3.53. The number of phenols is 1. The maximum Gasteiger partial charge on any atom is 0.224 e. The lowest BCUT2D eigenvalue weighted by Gasteiger charge is -2.43. The van der Waals surface area contributed by atoms with Crippen molar-refractivity contribution in [1.29, 1.82) is 0 Å². The summed E-state index contributed by atoms with van der Waals surface area (Å²) in [6.07, 6.45) is 0.195. The predicted octanol–water partition coefficient (Wildman–Crippen LogP) is 1.25. The van der Waals surface area contributed by atoms with Gasteiger partial charge in [0.05, 0.1) is 24.5 Å². The van der Waals surface area contributed by atoms with Gasteiger partial charge < -0.3 is 26.0 Å². The van der Waals surface area contributed by atoms with Crippen molar-refractivity contribution in [3.8, 4) is 5.75 Å². The van der Waals surface area contributed by atoms with Crippen LogP contribution in [0.1, 0.15) is 43.4 Å². The van der Waals surface area contributed by atoms with Crippen molar-refractivity contribution in [2.24, 2.45) is 23.5 Å². The number of rotatable bonds is 10. The number of hydrogen-bond acceptors (Lipinski definition) is 8. The Labute approximate surface area is 206 Å². The second-order valence-corrected chi connectivity index (χ2v) is 9.79. The standard InChI is InChI=1S/C26H37N3O6/c1-5-29(6-2)12-14-7-8-19(31)23-16(14)9-15-10-17(18(13-30)28(3)4)24(20(32)11-21(27)33)26(35)22(15)25(23)34/h7-8,15,17-18,24,30-31,34H,5-6,9-13H2,1-4H3,(H2,27,33)/t15?,17-,18-,24?/m0/s1. The third-order valence-electron chi connectivity index (χ3n) is 7.60. The molecule has 2 aliphatic carbocycles. The molecular formula is C26H37N3O6. The van der Waals surface area contributed by atoms with E-state index in [1.54, 1.807) is 19.0 Å². The highest BCUT2D eigenvalue weighted by Crippen LogP contribution is 2.48. The molecule has 0 aliphatic heterocycles. The minimum atomic E-state index is -1.21. The van der Waals surface area contributed by atoms with E-state index in [1.807, 2.05) is 6.07 Å². The molecule has 2 aliphatic rings. The molecule has 5 N–H and O–H groups in total. The molecule has 0 radical (unpaired) electrons. The average molecular weight is 488 g/mol. The number of Topliss-reactive ketones (excluding diaryl/α,β-unsaturated/α-hetero) is 2. The Hall–Kier alpha value is -2.75. The smallest absolute Gasteiger partial charge is 0.224 e. The van der Waals surface area contributed by atoms with Gasteiger partial charge in [0.15, 0.2) is 11.6 Å². The SMILES string of the molecule is CCN(CC)Cc1ccc(O)c2c1CC1C[C@@H]([C@H](CO)N(C)C)C(C(=O)CC(N)=O)C(=O)C1=C2O. The maximum absolute atomic E-state index is 13.7. The number of ketones is 2. The van der Waals surface area contributed by atoms with Gasteiger partial charge in [0.2, 0.25) is 5.91 Å². The largest absolute Gasteiger partial charge is 0.507 e. The number of aromatic hydroxyl groups is 1. The first-order valence-electron chi connectivity index (χ1n) is 12.2. The normalized spacial score (nSPS) is 22.8.